The fourth-order valence-corrected chi connectivity index (χ4v) is 3.64. The van der Waals surface area contributed by atoms with E-state index in [1.807, 2.05) is 6.92 Å². The van der Waals surface area contributed by atoms with Crippen molar-refractivity contribution in [2.45, 2.75) is 26.2 Å². The Balaban J connectivity index is 1.38. The topological polar surface area (TPSA) is 58.4 Å². The summed E-state index contributed by atoms with van der Waals surface area (Å²) in [6.07, 6.45) is 2.89. The number of nitrogens with zero attached hydrogens (tertiary/aromatic N) is 5. The van der Waals surface area contributed by atoms with Gasteiger partial charge in [-0.15, -0.1) is 10.2 Å². The number of aromatic nitrogens is 4. The Bertz CT molecular complexity index is 857. The number of rotatable bonds is 5. The lowest BCUT2D eigenvalue weighted by Gasteiger charge is -2.18. The number of anilines is 1. The fourth-order valence-electron chi connectivity index (χ4n) is 3.64. The second kappa shape index (κ2) is 6.80. The Hall–Kier alpha value is -2.47. The zero-order valence-corrected chi connectivity index (χ0v) is 14.8. The second-order valence-electron chi connectivity index (χ2n) is 6.81. The van der Waals surface area contributed by atoms with Gasteiger partial charge >= 0.3 is 0 Å². The minimum Gasteiger partial charge on any atom is -0.380 e. The predicted molar refractivity (Wildman–Crippen MR) is 99.0 cm³/mol. The van der Waals surface area contributed by atoms with Gasteiger partial charge < -0.3 is 10.2 Å². The van der Waals surface area contributed by atoms with E-state index in [-0.39, 0.29) is 0 Å². The normalized spacial score (nSPS) is 18.1. The Labute approximate surface area is 147 Å². The maximum atomic E-state index is 4.47. The molecule has 6 nitrogen and oxygen atoms in total. The van der Waals surface area contributed by atoms with Crippen LogP contribution in [0.3, 0.4) is 0 Å². The summed E-state index contributed by atoms with van der Waals surface area (Å²) in [5.74, 6) is 0.661. The molecule has 2 aromatic heterocycles. The van der Waals surface area contributed by atoms with E-state index in [4.69, 9.17) is 0 Å². The van der Waals surface area contributed by atoms with Crippen molar-refractivity contribution in [3.8, 4) is 0 Å². The van der Waals surface area contributed by atoms with Crippen LogP contribution in [0.25, 0.3) is 5.65 Å². The van der Waals surface area contributed by atoms with Crippen molar-refractivity contribution >= 4 is 11.3 Å². The molecule has 6 heteroatoms. The number of nitrogens with one attached hydrogen (secondary N) is 1. The Morgan fingerprint density at radius 2 is 2.04 bits per heavy atom. The molecule has 1 N–H and O–H groups in total. The first-order valence-corrected chi connectivity index (χ1v) is 8.91. The fraction of sp³-hybridized carbons (Fsp3) is 0.421. The van der Waals surface area contributed by atoms with Crippen molar-refractivity contribution in [1.82, 2.24) is 24.7 Å². The Morgan fingerprint density at radius 1 is 1.20 bits per heavy atom. The molecular formula is C19H24N6. The van der Waals surface area contributed by atoms with Crippen molar-refractivity contribution in [2.75, 3.05) is 31.5 Å². The molecule has 0 saturated carbocycles. The van der Waals surface area contributed by atoms with E-state index in [0.717, 1.165) is 48.8 Å². The molecule has 3 heterocycles. The highest BCUT2D eigenvalue weighted by Gasteiger charge is 2.23. The van der Waals surface area contributed by atoms with Crippen molar-refractivity contribution < 1.29 is 0 Å². The van der Waals surface area contributed by atoms with E-state index in [2.05, 4.69) is 62.8 Å². The summed E-state index contributed by atoms with van der Waals surface area (Å²) in [5, 5.41) is 16.2. The average Bonchev–Trinajstić information content (AvgIpc) is 3.28. The molecule has 1 aliphatic rings. The largest absolute Gasteiger partial charge is 0.380 e. The summed E-state index contributed by atoms with van der Waals surface area (Å²) >= 11 is 0. The molecule has 1 atom stereocenters. The number of hydrogen-bond donors (Lipinski definition) is 1. The van der Waals surface area contributed by atoms with Crippen molar-refractivity contribution in [3.63, 3.8) is 0 Å². The van der Waals surface area contributed by atoms with Crippen LogP contribution in [0.2, 0.25) is 0 Å². The lowest BCUT2D eigenvalue weighted by atomic mass is 9.99. The third-order valence-electron chi connectivity index (χ3n) is 5.20. The van der Waals surface area contributed by atoms with E-state index in [0.29, 0.717) is 5.92 Å². The van der Waals surface area contributed by atoms with Crippen LogP contribution in [0, 0.1) is 13.8 Å². The molecule has 1 aromatic carbocycles. The molecule has 0 bridgehead atoms. The lowest BCUT2D eigenvalue weighted by Crippen LogP contribution is -2.27. The van der Waals surface area contributed by atoms with Gasteiger partial charge in [0.2, 0.25) is 5.65 Å². The van der Waals surface area contributed by atoms with Crippen molar-refractivity contribution in [2.24, 2.45) is 0 Å². The van der Waals surface area contributed by atoms with Crippen molar-refractivity contribution in [3.05, 3.63) is 53.5 Å². The van der Waals surface area contributed by atoms with E-state index in [1.165, 1.54) is 12.0 Å². The van der Waals surface area contributed by atoms with Crippen LogP contribution >= 0.6 is 0 Å². The highest BCUT2D eigenvalue weighted by molar-refractivity contribution is 5.71. The quantitative estimate of drug-likeness (QED) is 0.776. The van der Waals surface area contributed by atoms with E-state index >= 15 is 0 Å². The van der Waals surface area contributed by atoms with E-state index in [9.17, 15) is 0 Å². The third-order valence-corrected chi connectivity index (χ3v) is 5.20. The zero-order chi connectivity index (χ0) is 17.2. The Kier molecular flexibility index (Phi) is 4.36. The van der Waals surface area contributed by atoms with Gasteiger partial charge in [-0.1, -0.05) is 30.3 Å². The lowest BCUT2D eigenvalue weighted by molar-refractivity contribution is 0.348. The van der Waals surface area contributed by atoms with Crippen LogP contribution in [0.1, 0.15) is 29.2 Å². The van der Waals surface area contributed by atoms with Gasteiger partial charge in [0, 0.05) is 19.6 Å². The van der Waals surface area contributed by atoms with Crippen LogP contribution < -0.4 is 5.32 Å². The summed E-state index contributed by atoms with van der Waals surface area (Å²) in [6, 6.07) is 10.9. The monoisotopic (exact) mass is 336 g/mol. The van der Waals surface area contributed by atoms with Gasteiger partial charge in [0.05, 0.1) is 11.4 Å². The summed E-state index contributed by atoms with van der Waals surface area (Å²) in [4.78, 5) is 2.54. The van der Waals surface area contributed by atoms with Crippen LogP contribution in [0.4, 0.5) is 5.69 Å². The molecule has 0 spiro atoms. The van der Waals surface area contributed by atoms with Gasteiger partial charge in [-0.3, -0.25) is 0 Å². The molecule has 1 unspecified atom stereocenters. The first kappa shape index (κ1) is 16.0. The van der Waals surface area contributed by atoms with Gasteiger partial charge in [-0.25, -0.2) is 0 Å². The highest BCUT2D eigenvalue weighted by atomic mass is 15.3. The first-order chi connectivity index (χ1) is 12.2. The molecule has 1 saturated heterocycles. The molecule has 1 fully saturated rings. The molecular weight excluding hydrogens is 312 g/mol. The SMILES string of the molecule is Cc1nn2cnnc2c(NCCN2CCC(c3ccccc3)C2)c1C. The predicted octanol–water partition coefficient (Wildman–Crippen LogP) is 2.64. The first-order valence-electron chi connectivity index (χ1n) is 8.91. The standard InChI is InChI=1S/C19H24N6/c1-14-15(2)23-25-13-21-22-19(25)18(14)20-9-11-24-10-8-17(12-24)16-6-4-3-5-7-16/h3-7,13,17,20H,8-12H2,1-2H3. The number of hydrogen-bond acceptors (Lipinski definition) is 5. The molecule has 1 aliphatic heterocycles. The van der Waals surface area contributed by atoms with Gasteiger partial charge in [-0.05, 0) is 43.9 Å². The summed E-state index contributed by atoms with van der Waals surface area (Å²) in [7, 11) is 0. The zero-order valence-electron chi connectivity index (χ0n) is 14.8. The molecule has 130 valence electrons. The van der Waals surface area contributed by atoms with Gasteiger partial charge in [0.25, 0.3) is 0 Å². The van der Waals surface area contributed by atoms with Gasteiger partial charge in [-0.2, -0.15) is 9.61 Å². The summed E-state index contributed by atoms with van der Waals surface area (Å²) in [6.45, 7) is 8.33. The molecule has 0 amide bonds. The maximum absolute atomic E-state index is 4.47. The number of likely N-dealkylation sites (tertiary alicyclic amines) is 1. The van der Waals surface area contributed by atoms with Crippen LogP contribution in [0.5, 0.6) is 0 Å². The third kappa shape index (κ3) is 3.22. The second-order valence-corrected chi connectivity index (χ2v) is 6.81. The van der Waals surface area contributed by atoms with Crippen LogP contribution in [-0.4, -0.2) is 50.9 Å². The number of aryl methyl sites for hydroxylation is 1. The Morgan fingerprint density at radius 3 is 2.88 bits per heavy atom. The van der Waals surface area contributed by atoms with Gasteiger partial charge in [0.1, 0.15) is 6.33 Å². The average molecular weight is 336 g/mol. The number of benzene rings is 1. The summed E-state index contributed by atoms with van der Waals surface area (Å²) in [5.41, 5.74) is 5.45. The van der Waals surface area contributed by atoms with Gasteiger partial charge in [0.15, 0.2) is 0 Å². The molecule has 0 radical (unpaired) electrons. The number of fused-ring (bicyclic) bond motifs is 1. The molecule has 25 heavy (non-hydrogen) atoms. The molecule has 4 rings (SSSR count). The van der Waals surface area contributed by atoms with E-state index < -0.39 is 0 Å². The molecule has 3 aromatic rings. The minimum atomic E-state index is 0.661. The molecule has 0 aliphatic carbocycles. The van der Waals surface area contributed by atoms with Crippen LogP contribution in [-0.2, 0) is 0 Å². The highest BCUT2D eigenvalue weighted by Crippen LogP contribution is 2.27. The summed E-state index contributed by atoms with van der Waals surface area (Å²) < 4.78 is 1.74. The van der Waals surface area contributed by atoms with Crippen LogP contribution in [0.15, 0.2) is 36.7 Å². The van der Waals surface area contributed by atoms with E-state index in [1.54, 1.807) is 10.8 Å². The minimum absolute atomic E-state index is 0.661. The smallest absolute Gasteiger partial charge is 0.200 e. The maximum Gasteiger partial charge on any atom is 0.200 e. The van der Waals surface area contributed by atoms with Crippen molar-refractivity contribution in [1.29, 1.82) is 0 Å².